The van der Waals surface area contributed by atoms with Crippen LogP contribution in [-0.2, 0) is 18.4 Å². The molecule has 2 fully saturated rings. The standard InChI is InChI=1S/C18H24N6O/c1-11-7-12(2)20-18(19-11)23-6-5-15-16(23)9-17(25)24(15)10-14-8-13(3)21-22(14)4/h7-8,15-16H,5-6,9-10H2,1-4H3/t15-,16-/m0/s1. The van der Waals surface area contributed by atoms with Crippen LogP contribution in [0.25, 0.3) is 0 Å². The molecule has 0 N–H and O–H groups in total. The summed E-state index contributed by atoms with van der Waals surface area (Å²) in [4.78, 5) is 26.1. The van der Waals surface area contributed by atoms with Crippen LogP contribution in [0.3, 0.4) is 0 Å². The topological polar surface area (TPSA) is 67.2 Å². The first-order valence-corrected chi connectivity index (χ1v) is 8.80. The summed E-state index contributed by atoms with van der Waals surface area (Å²) >= 11 is 0. The Morgan fingerprint density at radius 1 is 1.08 bits per heavy atom. The monoisotopic (exact) mass is 340 g/mol. The second kappa shape index (κ2) is 5.82. The lowest BCUT2D eigenvalue weighted by Crippen LogP contribution is -2.38. The third kappa shape index (κ3) is 2.77. The van der Waals surface area contributed by atoms with Gasteiger partial charge in [-0.3, -0.25) is 9.48 Å². The molecule has 1 amide bonds. The number of hydrogen-bond donors (Lipinski definition) is 0. The first-order valence-electron chi connectivity index (χ1n) is 8.80. The zero-order valence-electron chi connectivity index (χ0n) is 15.2. The van der Waals surface area contributed by atoms with E-state index in [1.807, 2.05) is 43.5 Å². The average Bonchev–Trinajstić information content (AvgIpc) is 3.14. The minimum atomic E-state index is 0.169. The molecule has 25 heavy (non-hydrogen) atoms. The fraction of sp³-hybridized carbons (Fsp3) is 0.556. The first-order chi connectivity index (χ1) is 11.9. The van der Waals surface area contributed by atoms with E-state index < -0.39 is 0 Å². The first kappa shape index (κ1) is 16.1. The lowest BCUT2D eigenvalue weighted by Gasteiger charge is -2.25. The maximum absolute atomic E-state index is 12.6. The zero-order chi connectivity index (χ0) is 17.7. The van der Waals surface area contributed by atoms with Gasteiger partial charge in [0.15, 0.2) is 0 Å². The summed E-state index contributed by atoms with van der Waals surface area (Å²) in [5.41, 5.74) is 4.00. The van der Waals surface area contributed by atoms with Crippen molar-refractivity contribution in [3.8, 4) is 0 Å². The number of amides is 1. The van der Waals surface area contributed by atoms with Crippen molar-refractivity contribution >= 4 is 11.9 Å². The Kier molecular flexibility index (Phi) is 3.74. The molecule has 0 unspecified atom stereocenters. The van der Waals surface area contributed by atoms with Gasteiger partial charge in [-0.2, -0.15) is 5.10 Å². The van der Waals surface area contributed by atoms with Crippen molar-refractivity contribution in [2.45, 2.75) is 52.2 Å². The van der Waals surface area contributed by atoms with Crippen LogP contribution < -0.4 is 4.90 Å². The van der Waals surface area contributed by atoms with E-state index in [2.05, 4.69) is 26.0 Å². The molecule has 0 aromatic carbocycles. The van der Waals surface area contributed by atoms with Crippen LogP contribution in [0.1, 0.15) is 35.6 Å². The molecule has 7 heteroatoms. The molecule has 2 saturated heterocycles. The van der Waals surface area contributed by atoms with E-state index >= 15 is 0 Å². The summed E-state index contributed by atoms with van der Waals surface area (Å²) in [5.74, 6) is 0.971. The normalized spacial score (nSPS) is 22.8. The number of carbonyl (C=O) groups excluding carboxylic acids is 1. The van der Waals surface area contributed by atoms with Gasteiger partial charge in [0.2, 0.25) is 11.9 Å². The molecule has 7 nitrogen and oxygen atoms in total. The van der Waals surface area contributed by atoms with Crippen molar-refractivity contribution in [3.05, 3.63) is 34.9 Å². The van der Waals surface area contributed by atoms with Crippen molar-refractivity contribution in [1.82, 2.24) is 24.6 Å². The van der Waals surface area contributed by atoms with Crippen molar-refractivity contribution in [3.63, 3.8) is 0 Å². The van der Waals surface area contributed by atoms with E-state index in [4.69, 9.17) is 0 Å². The highest BCUT2D eigenvalue weighted by atomic mass is 16.2. The van der Waals surface area contributed by atoms with Crippen molar-refractivity contribution in [1.29, 1.82) is 0 Å². The van der Waals surface area contributed by atoms with Gasteiger partial charge in [-0.05, 0) is 39.3 Å². The SMILES string of the molecule is Cc1cc(C)nc(N2CC[C@H]3[C@@H]2CC(=O)N3Cc2cc(C)nn2C)n1. The van der Waals surface area contributed by atoms with Crippen LogP contribution in [0.2, 0.25) is 0 Å². The van der Waals surface area contributed by atoms with E-state index in [0.29, 0.717) is 13.0 Å². The van der Waals surface area contributed by atoms with Gasteiger partial charge in [0.25, 0.3) is 0 Å². The summed E-state index contributed by atoms with van der Waals surface area (Å²) in [6.45, 7) is 7.48. The third-order valence-electron chi connectivity index (χ3n) is 5.27. The Morgan fingerprint density at radius 3 is 2.44 bits per heavy atom. The number of aryl methyl sites for hydroxylation is 4. The van der Waals surface area contributed by atoms with E-state index in [0.717, 1.165) is 41.7 Å². The molecular formula is C18H24N6O. The number of hydrogen-bond acceptors (Lipinski definition) is 5. The van der Waals surface area contributed by atoms with Crippen molar-refractivity contribution in [2.75, 3.05) is 11.4 Å². The maximum Gasteiger partial charge on any atom is 0.226 e. The quantitative estimate of drug-likeness (QED) is 0.847. The second-order valence-corrected chi connectivity index (χ2v) is 7.19. The summed E-state index contributed by atoms with van der Waals surface area (Å²) < 4.78 is 1.87. The summed E-state index contributed by atoms with van der Waals surface area (Å²) in [7, 11) is 1.94. The molecule has 0 radical (unpaired) electrons. The molecule has 2 aliphatic heterocycles. The Labute approximate surface area is 147 Å². The average molecular weight is 340 g/mol. The molecule has 0 spiro atoms. The number of anilines is 1. The minimum absolute atomic E-state index is 0.169. The number of fused-ring (bicyclic) bond motifs is 1. The highest BCUT2D eigenvalue weighted by Gasteiger charge is 2.47. The largest absolute Gasteiger partial charge is 0.335 e. The zero-order valence-corrected chi connectivity index (χ0v) is 15.2. The van der Waals surface area contributed by atoms with Gasteiger partial charge >= 0.3 is 0 Å². The van der Waals surface area contributed by atoms with Gasteiger partial charge < -0.3 is 9.80 Å². The molecule has 0 aliphatic carbocycles. The molecular weight excluding hydrogens is 316 g/mol. The van der Waals surface area contributed by atoms with Crippen LogP contribution in [0.15, 0.2) is 12.1 Å². The molecule has 0 saturated carbocycles. The summed E-state index contributed by atoms with van der Waals surface area (Å²) in [5, 5.41) is 4.39. The molecule has 2 atom stereocenters. The number of likely N-dealkylation sites (tertiary alicyclic amines) is 1. The number of aromatic nitrogens is 4. The van der Waals surface area contributed by atoms with Crippen LogP contribution >= 0.6 is 0 Å². The van der Waals surface area contributed by atoms with Gasteiger partial charge in [0, 0.05) is 31.4 Å². The fourth-order valence-corrected chi connectivity index (χ4v) is 4.20. The number of nitrogens with zero attached hydrogens (tertiary/aromatic N) is 6. The van der Waals surface area contributed by atoms with Crippen LogP contribution in [-0.4, -0.2) is 49.2 Å². The van der Waals surface area contributed by atoms with E-state index in [1.54, 1.807) is 0 Å². The second-order valence-electron chi connectivity index (χ2n) is 7.19. The molecule has 0 bridgehead atoms. The summed E-state index contributed by atoms with van der Waals surface area (Å²) in [6, 6.07) is 4.43. The Bertz CT molecular complexity index is 809. The lowest BCUT2D eigenvalue weighted by atomic mass is 10.1. The van der Waals surface area contributed by atoms with Crippen LogP contribution in [0, 0.1) is 20.8 Å². The van der Waals surface area contributed by atoms with Gasteiger partial charge in [-0.1, -0.05) is 0 Å². The van der Waals surface area contributed by atoms with Crippen LogP contribution in [0.5, 0.6) is 0 Å². The van der Waals surface area contributed by atoms with Crippen molar-refractivity contribution < 1.29 is 4.79 Å². The molecule has 132 valence electrons. The molecule has 2 aromatic rings. The maximum atomic E-state index is 12.6. The summed E-state index contributed by atoms with van der Waals surface area (Å²) in [6.07, 6.45) is 1.50. The van der Waals surface area contributed by atoms with Crippen molar-refractivity contribution in [2.24, 2.45) is 7.05 Å². The Hall–Kier alpha value is -2.44. The number of carbonyl (C=O) groups is 1. The van der Waals surface area contributed by atoms with E-state index in [1.165, 1.54) is 0 Å². The lowest BCUT2D eigenvalue weighted by molar-refractivity contribution is -0.129. The third-order valence-corrected chi connectivity index (χ3v) is 5.27. The van der Waals surface area contributed by atoms with Gasteiger partial charge in [-0.25, -0.2) is 9.97 Å². The highest BCUT2D eigenvalue weighted by Crippen LogP contribution is 2.35. The molecule has 2 aliphatic rings. The molecule has 4 rings (SSSR count). The predicted molar refractivity (Wildman–Crippen MR) is 94.2 cm³/mol. The minimum Gasteiger partial charge on any atom is -0.335 e. The van der Waals surface area contributed by atoms with Gasteiger partial charge in [-0.15, -0.1) is 0 Å². The van der Waals surface area contributed by atoms with Gasteiger partial charge in [0.1, 0.15) is 0 Å². The molecule has 2 aromatic heterocycles. The smallest absolute Gasteiger partial charge is 0.226 e. The Morgan fingerprint density at radius 2 is 1.80 bits per heavy atom. The number of rotatable bonds is 3. The predicted octanol–water partition coefficient (Wildman–Crippen LogP) is 1.52. The van der Waals surface area contributed by atoms with E-state index in [9.17, 15) is 4.79 Å². The Balaban J connectivity index is 1.57. The molecule has 4 heterocycles. The highest BCUT2D eigenvalue weighted by molar-refractivity contribution is 5.81. The van der Waals surface area contributed by atoms with Gasteiger partial charge in [0.05, 0.1) is 30.0 Å². The van der Waals surface area contributed by atoms with Crippen LogP contribution in [0.4, 0.5) is 5.95 Å². The fourth-order valence-electron chi connectivity index (χ4n) is 4.20. The van der Waals surface area contributed by atoms with E-state index in [-0.39, 0.29) is 18.0 Å².